The van der Waals surface area contributed by atoms with Crippen molar-refractivity contribution in [1.29, 1.82) is 0 Å². The van der Waals surface area contributed by atoms with Crippen molar-refractivity contribution in [2.75, 3.05) is 18.6 Å². The Hall–Kier alpha value is -3.02. The molecular weight excluding hydrogens is 344 g/mol. The molecule has 0 aromatic heterocycles. The number of likely N-dealkylation sites (N-methyl/N-ethyl adjacent to an activating group) is 1. The van der Waals surface area contributed by atoms with E-state index in [1.54, 1.807) is 6.07 Å². The molecule has 0 saturated heterocycles. The summed E-state index contributed by atoms with van der Waals surface area (Å²) in [5, 5.41) is 11.7. The van der Waals surface area contributed by atoms with Gasteiger partial charge in [0.15, 0.2) is 0 Å². The van der Waals surface area contributed by atoms with E-state index in [0.29, 0.717) is 17.9 Å². The summed E-state index contributed by atoms with van der Waals surface area (Å²) in [6.45, 7) is 6.49. The second-order valence-corrected chi connectivity index (χ2v) is 7.38. The molecule has 2 heterocycles. The molecule has 0 aliphatic carbocycles. The normalized spacial score (nSPS) is 21.6. The lowest BCUT2D eigenvalue weighted by Gasteiger charge is -2.45. The predicted molar refractivity (Wildman–Crippen MR) is 105 cm³/mol. The molecule has 1 atom stereocenters. The molecule has 4 rings (SSSR count). The predicted octanol–water partition coefficient (Wildman–Crippen LogP) is 4.52. The van der Waals surface area contributed by atoms with Crippen LogP contribution in [0.1, 0.15) is 31.9 Å². The highest BCUT2D eigenvalue weighted by Crippen LogP contribution is 2.55. The van der Waals surface area contributed by atoms with Gasteiger partial charge in [-0.2, -0.15) is 0 Å². The van der Waals surface area contributed by atoms with Crippen LogP contribution >= 0.6 is 0 Å². The van der Waals surface area contributed by atoms with E-state index in [2.05, 4.69) is 24.8 Å². The number of hydrogen-bond donors (Lipinski definition) is 0. The third kappa shape index (κ3) is 2.25. The van der Waals surface area contributed by atoms with Gasteiger partial charge in [-0.15, -0.1) is 0 Å². The highest BCUT2D eigenvalue weighted by molar-refractivity contribution is 5.75. The molecule has 0 bridgehead atoms. The second-order valence-electron chi connectivity index (χ2n) is 7.38. The van der Waals surface area contributed by atoms with Crippen LogP contribution in [0, 0.1) is 10.1 Å². The maximum absolute atomic E-state index is 11.7. The number of rotatable bonds is 3. The van der Waals surface area contributed by atoms with Gasteiger partial charge in [0.25, 0.3) is 0 Å². The van der Waals surface area contributed by atoms with E-state index in [9.17, 15) is 10.1 Å². The van der Waals surface area contributed by atoms with Crippen LogP contribution in [0.3, 0.4) is 0 Å². The first-order valence-corrected chi connectivity index (χ1v) is 8.98. The average Bonchev–Trinajstić information content (AvgIpc) is 2.81. The van der Waals surface area contributed by atoms with Gasteiger partial charge in [-0.3, -0.25) is 10.1 Å². The third-order valence-electron chi connectivity index (χ3n) is 5.66. The zero-order valence-electron chi connectivity index (χ0n) is 15.9. The summed E-state index contributed by atoms with van der Waals surface area (Å²) >= 11 is 0. The fourth-order valence-corrected chi connectivity index (χ4v) is 4.22. The van der Waals surface area contributed by atoms with E-state index >= 15 is 0 Å². The molecular formula is C21H22N2O4. The summed E-state index contributed by atoms with van der Waals surface area (Å²) in [4.78, 5) is 13.4. The molecule has 2 aromatic rings. The molecule has 0 radical (unpaired) electrons. The Kier molecular flexibility index (Phi) is 3.70. The van der Waals surface area contributed by atoms with E-state index in [1.807, 2.05) is 44.3 Å². The maximum atomic E-state index is 11.7. The number of anilines is 1. The molecule has 1 unspecified atom stereocenters. The fourth-order valence-electron chi connectivity index (χ4n) is 4.22. The minimum absolute atomic E-state index is 0.0835. The Morgan fingerprint density at radius 3 is 2.67 bits per heavy atom. The maximum Gasteiger partial charge on any atom is 0.315 e. The molecule has 2 aliphatic rings. The van der Waals surface area contributed by atoms with Gasteiger partial charge in [-0.25, -0.2) is 0 Å². The van der Waals surface area contributed by atoms with Crippen LogP contribution < -0.4 is 14.4 Å². The topological polar surface area (TPSA) is 64.8 Å². The molecule has 0 fully saturated rings. The van der Waals surface area contributed by atoms with Crippen LogP contribution in [-0.2, 0) is 5.41 Å². The highest BCUT2D eigenvalue weighted by atomic mass is 16.6. The van der Waals surface area contributed by atoms with Crippen LogP contribution in [0.5, 0.6) is 11.5 Å². The van der Waals surface area contributed by atoms with Gasteiger partial charge < -0.3 is 14.4 Å². The Morgan fingerprint density at radius 2 is 2.00 bits per heavy atom. The number of nitrogens with zero attached hydrogens (tertiary/aromatic N) is 2. The van der Waals surface area contributed by atoms with Crippen LogP contribution in [0.25, 0.3) is 6.08 Å². The first-order chi connectivity index (χ1) is 12.8. The number of hydrogen-bond acceptors (Lipinski definition) is 5. The Labute approximate surface area is 158 Å². The minimum Gasteiger partial charge on any atom is -0.494 e. The van der Waals surface area contributed by atoms with Crippen molar-refractivity contribution < 1.29 is 14.4 Å². The Morgan fingerprint density at radius 1 is 1.26 bits per heavy atom. The molecule has 2 aromatic carbocycles. The van der Waals surface area contributed by atoms with Crippen LogP contribution in [0.2, 0.25) is 0 Å². The van der Waals surface area contributed by atoms with Crippen molar-refractivity contribution in [3.8, 4) is 11.5 Å². The largest absolute Gasteiger partial charge is 0.494 e. The molecule has 140 valence electrons. The zero-order chi connectivity index (χ0) is 19.4. The summed E-state index contributed by atoms with van der Waals surface area (Å²) in [6.07, 6.45) is 3.90. The molecule has 1 spiro atoms. The number of nitro groups is 1. The van der Waals surface area contributed by atoms with Gasteiger partial charge in [0.2, 0.25) is 11.5 Å². The van der Waals surface area contributed by atoms with Gasteiger partial charge in [-0.1, -0.05) is 18.2 Å². The van der Waals surface area contributed by atoms with E-state index in [4.69, 9.17) is 9.47 Å². The fraction of sp³-hybridized carbons (Fsp3) is 0.333. The molecule has 2 aliphatic heterocycles. The number of para-hydroxylation sites is 1. The van der Waals surface area contributed by atoms with E-state index in [1.165, 1.54) is 6.07 Å². The van der Waals surface area contributed by atoms with Gasteiger partial charge in [-0.05, 0) is 50.6 Å². The van der Waals surface area contributed by atoms with Crippen LogP contribution in [-0.4, -0.2) is 24.3 Å². The zero-order valence-corrected chi connectivity index (χ0v) is 15.9. The molecule has 6 heteroatoms. The molecule has 0 saturated carbocycles. The molecule has 27 heavy (non-hydrogen) atoms. The standard InChI is InChI=1S/C21H22N2O4/c1-5-26-15-12-14-10-11-21(27-19(14)18(13-15)23(24)25)20(2,3)16-8-6-7-9-17(16)22(21)4/h6-13H,5H2,1-4H3. The number of ether oxygens (including phenoxy) is 2. The lowest BCUT2D eigenvalue weighted by atomic mass is 9.76. The summed E-state index contributed by atoms with van der Waals surface area (Å²) in [5.74, 6) is 0.744. The van der Waals surface area contributed by atoms with Gasteiger partial charge in [0.05, 0.1) is 23.0 Å². The number of fused-ring (bicyclic) bond motifs is 2. The lowest BCUT2D eigenvalue weighted by molar-refractivity contribution is -0.386. The Bertz CT molecular complexity index is 967. The van der Waals surface area contributed by atoms with Crippen molar-refractivity contribution >= 4 is 17.5 Å². The van der Waals surface area contributed by atoms with E-state index < -0.39 is 16.1 Å². The SMILES string of the molecule is CCOc1cc2c(c([N+](=O)[O-])c1)OC1(C=C2)N(C)c2ccccc2C1(C)C. The summed E-state index contributed by atoms with van der Waals surface area (Å²) in [6, 6.07) is 11.3. The summed E-state index contributed by atoms with van der Waals surface area (Å²) in [5.41, 5.74) is 1.53. The summed E-state index contributed by atoms with van der Waals surface area (Å²) < 4.78 is 11.9. The van der Waals surface area contributed by atoms with Crippen molar-refractivity contribution in [1.82, 2.24) is 0 Å². The van der Waals surface area contributed by atoms with Crippen molar-refractivity contribution in [3.05, 3.63) is 63.7 Å². The van der Waals surface area contributed by atoms with Crippen LogP contribution in [0.15, 0.2) is 42.5 Å². The summed E-state index contributed by atoms with van der Waals surface area (Å²) in [7, 11) is 1.96. The van der Waals surface area contributed by atoms with Gasteiger partial charge in [0, 0.05) is 18.3 Å². The number of benzene rings is 2. The highest BCUT2D eigenvalue weighted by Gasteiger charge is 2.58. The van der Waals surface area contributed by atoms with Crippen molar-refractivity contribution in [3.63, 3.8) is 0 Å². The smallest absolute Gasteiger partial charge is 0.315 e. The lowest BCUT2D eigenvalue weighted by Crippen LogP contribution is -2.58. The molecule has 0 amide bonds. The third-order valence-corrected chi connectivity index (χ3v) is 5.66. The quantitative estimate of drug-likeness (QED) is 0.590. The van der Waals surface area contributed by atoms with E-state index in [-0.39, 0.29) is 11.4 Å². The average molecular weight is 366 g/mol. The Balaban J connectivity index is 1.89. The number of nitro benzene ring substituents is 1. The van der Waals surface area contributed by atoms with Gasteiger partial charge in [0.1, 0.15) is 5.75 Å². The van der Waals surface area contributed by atoms with Crippen molar-refractivity contribution in [2.45, 2.75) is 31.9 Å². The first kappa shape index (κ1) is 17.4. The second kappa shape index (κ2) is 5.74. The molecule has 6 nitrogen and oxygen atoms in total. The first-order valence-electron chi connectivity index (χ1n) is 8.98. The monoisotopic (exact) mass is 366 g/mol. The van der Waals surface area contributed by atoms with Gasteiger partial charge >= 0.3 is 5.69 Å². The van der Waals surface area contributed by atoms with Crippen molar-refractivity contribution in [2.24, 2.45) is 0 Å². The van der Waals surface area contributed by atoms with E-state index in [0.717, 1.165) is 11.3 Å². The van der Waals surface area contributed by atoms with Crippen LogP contribution in [0.4, 0.5) is 11.4 Å². The molecule has 0 N–H and O–H groups in total. The minimum atomic E-state index is -0.846.